The van der Waals surface area contributed by atoms with Crippen LogP contribution in [0.1, 0.15) is 26.3 Å². The molecule has 0 saturated carbocycles. The van der Waals surface area contributed by atoms with E-state index in [-0.39, 0.29) is 17.2 Å². The molecule has 0 aliphatic carbocycles. The maximum Gasteiger partial charge on any atom is 0.241 e. The van der Waals surface area contributed by atoms with Crippen molar-refractivity contribution in [1.29, 1.82) is 0 Å². The van der Waals surface area contributed by atoms with Gasteiger partial charge in [0.15, 0.2) is 0 Å². The molecule has 7 heteroatoms. The predicted octanol–water partition coefficient (Wildman–Crippen LogP) is 2.95. The van der Waals surface area contributed by atoms with E-state index in [1.165, 1.54) is 12.1 Å². The molecule has 2 N–H and O–H groups in total. The highest BCUT2D eigenvalue weighted by molar-refractivity contribution is 7.89. The highest BCUT2D eigenvalue weighted by atomic mass is 32.2. The maximum atomic E-state index is 12.4. The summed E-state index contributed by atoms with van der Waals surface area (Å²) in [6.07, 6.45) is 0.182. The van der Waals surface area contributed by atoms with E-state index in [2.05, 4.69) is 10.0 Å². The van der Waals surface area contributed by atoms with Crippen LogP contribution in [-0.2, 0) is 21.2 Å². The molecule has 6 nitrogen and oxygen atoms in total. The summed E-state index contributed by atoms with van der Waals surface area (Å²) in [5, 5.41) is 2.73. The van der Waals surface area contributed by atoms with E-state index in [9.17, 15) is 13.2 Å². The van der Waals surface area contributed by atoms with Crippen molar-refractivity contribution in [1.82, 2.24) is 4.72 Å². The Bertz CT molecular complexity index is 869. The lowest BCUT2D eigenvalue weighted by atomic mass is 10.1. The van der Waals surface area contributed by atoms with Crippen LogP contribution in [-0.4, -0.2) is 27.0 Å². The van der Waals surface area contributed by atoms with Gasteiger partial charge in [0.2, 0.25) is 15.9 Å². The first-order valence-corrected chi connectivity index (χ1v) is 9.64. The van der Waals surface area contributed by atoms with Gasteiger partial charge >= 0.3 is 0 Å². The first-order chi connectivity index (χ1) is 12.1. The zero-order valence-electron chi connectivity index (χ0n) is 15.4. The first kappa shape index (κ1) is 19.9. The Kier molecular flexibility index (Phi) is 6.05. The summed E-state index contributed by atoms with van der Waals surface area (Å²) in [6.45, 7) is 5.31. The van der Waals surface area contributed by atoms with Gasteiger partial charge in [-0.15, -0.1) is 0 Å². The van der Waals surface area contributed by atoms with E-state index >= 15 is 0 Å². The third-order valence-electron chi connectivity index (χ3n) is 3.39. The van der Waals surface area contributed by atoms with Crippen molar-refractivity contribution in [2.75, 3.05) is 12.4 Å². The molecular weight excluding hydrogens is 352 g/mol. The fourth-order valence-electron chi connectivity index (χ4n) is 2.34. The Morgan fingerprint density at radius 3 is 2.31 bits per heavy atom. The van der Waals surface area contributed by atoms with E-state index in [0.29, 0.717) is 5.69 Å². The molecule has 1 amide bonds. The van der Waals surface area contributed by atoms with Gasteiger partial charge in [0.05, 0.1) is 18.4 Å². The van der Waals surface area contributed by atoms with Gasteiger partial charge in [-0.1, -0.05) is 18.2 Å². The molecule has 2 rings (SSSR count). The number of carbonyl (C=O) groups excluding carboxylic acids is 1. The summed E-state index contributed by atoms with van der Waals surface area (Å²) in [6, 6.07) is 13.4. The van der Waals surface area contributed by atoms with Crippen LogP contribution in [0.3, 0.4) is 0 Å². The molecule has 0 radical (unpaired) electrons. The van der Waals surface area contributed by atoms with E-state index in [1.54, 1.807) is 52.1 Å². The Labute approximate surface area is 154 Å². The molecule has 0 saturated heterocycles. The standard InChI is InChI=1S/C19H24N2O4S/c1-19(2,3)21-26(23,24)17-7-5-6-15(13-17)20-18(22)12-14-8-10-16(25-4)11-9-14/h5-11,13,21H,12H2,1-4H3,(H,20,22). The molecule has 140 valence electrons. The van der Waals surface area contributed by atoms with E-state index in [4.69, 9.17) is 4.74 Å². The van der Waals surface area contributed by atoms with Gasteiger partial charge in [0, 0.05) is 11.2 Å². The number of hydrogen-bond acceptors (Lipinski definition) is 4. The van der Waals surface area contributed by atoms with Crippen LogP contribution in [0.2, 0.25) is 0 Å². The third-order valence-corrected chi connectivity index (χ3v) is 5.15. The van der Waals surface area contributed by atoms with E-state index < -0.39 is 15.6 Å². The van der Waals surface area contributed by atoms with Gasteiger partial charge in [-0.25, -0.2) is 13.1 Å². The predicted molar refractivity (Wildman–Crippen MR) is 102 cm³/mol. The molecule has 0 aliphatic heterocycles. The SMILES string of the molecule is COc1ccc(CC(=O)Nc2cccc(S(=O)(=O)NC(C)(C)C)c2)cc1. The van der Waals surface area contributed by atoms with Gasteiger partial charge in [-0.3, -0.25) is 4.79 Å². The number of ether oxygens (including phenoxy) is 1. The maximum absolute atomic E-state index is 12.4. The molecular formula is C19H24N2O4S. The molecule has 0 fully saturated rings. The first-order valence-electron chi connectivity index (χ1n) is 8.16. The number of benzene rings is 2. The number of rotatable bonds is 6. The third kappa shape index (κ3) is 5.86. The van der Waals surface area contributed by atoms with Gasteiger partial charge in [-0.05, 0) is 56.7 Å². The smallest absolute Gasteiger partial charge is 0.241 e. The van der Waals surface area contributed by atoms with Crippen LogP contribution in [0, 0.1) is 0 Å². The molecule has 0 aliphatic rings. The summed E-state index contributed by atoms with van der Waals surface area (Å²) in [4.78, 5) is 12.3. The van der Waals surface area contributed by atoms with Crippen LogP contribution in [0.4, 0.5) is 5.69 Å². The van der Waals surface area contributed by atoms with Crippen molar-refractivity contribution in [3.8, 4) is 5.75 Å². The Morgan fingerprint density at radius 1 is 1.08 bits per heavy atom. The minimum Gasteiger partial charge on any atom is -0.497 e. The van der Waals surface area contributed by atoms with Crippen LogP contribution in [0.15, 0.2) is 53.4 Å². The van der Waals surface area contributed by atoms with Crippen LogP contribution >= 0.6 is 0 Å². The van der Waals surface area contributed by atoms with Crippen molar-refractivity contribution in [2.45, 2.75) is 37.6 Å². The monoisotopic (exact) mass is 376 g/mol. The molecule has 26 heavy (non-hydrogen) atoms. The van der Waals surface area contributed by atoms with Gasteiger partial charge < -0.3 is 10.1 Å². The highest BCUT2D eigenvalue weighted by Gasteiger charge is 2.22. The second-order valence-corrected chi connectivity index (χ2v) is 8.64. The Hall–Kier alpha value is -2.38. The fourth-order valence-corrected chi connectivity index (χ4v) is 3.80. The summed E-state index contributed by atoms with van der Waals surface area (Å²) >= 11 is 0. The topological polar surface area (TPSA) is 84.5 Å². The van der Waals surface area contributed by atoms with Crippen molar-refractivity contribution >= 4 is 21.6 Å². The number of amides is 1. The van der Waals surface area contributed by atoms with Crippen molar-refractivity contribution < 1.29 is 17.9 Å². The molecule has 0 atom stereocenters. The quantitative estimate of drug-likeness (QED) is 0.812. The number of carbonyl (C=O) groups is 1. The van der Waals surface area contributed by atoms with Crippen molar-refractivity contribution in [2.24, 2.45) is 0 Å². The van der Waals surface area contributed by atoms with Gasteiger partial charge in [0.1, 0.15) is 5.75 Å². The summed E-state index contributed by atoms with van der Waals surface area (Å²) in [5.74, 6) is 0.493. The van der Waals surface area contributed by atoms with Gasteiger partial charge in [0.25, 0.3) is 0 Å². The average Bonchev–Trinajstić information content (AvgIpc) is 2.53. The molecule has 0 aromatic heterocycles. The van der Waals surface area contributed by atoms with Crippen molar-refractivity contribution in [3.63, 3.8) is 0 Å². The van der Waals surface area contributed by atoms with Crippen LogP contribution in [0.5, 0.6) is 5.75 Å². The molecule has 0 unspecified atom stereocenters. The highest BCUT2D eigenvalue weighted by Crippen LogP contribution is 2.18. The largest absolute Gasteiger partial charge is 0.497 e. The van der Waals surface area contributed by atoms with Crippen LogP contribution in [0.25, 0.3) is 0 Å². The minimum absolute atomic E-state index is 0.106. The van der Waals surface area contributed by atoms with Crippen molar-refractivity contribution in [3.05, 3.63) is 54.1 Å². The zero-order chi connectivity index (χ0) is 19.4. The van der Waals surface area contributed by atoms with Gasteiger partial charge in [-0.2, -0.15) is 0 Å². The lowest BCUT2D eigenvalue weighted by Gasteiger charge is -2.20. The minimum atomic E-state index is -3.66. The average molecular weight is 376 g/mol. The lowest BCUT2D eigenvalue weighted by Crippen LogP contribution is -2.40. The lowest BCUT2D eigenvalue weighted by molar-refractivity contribution is -0.115. The van der Waals surface area contributed by atoms with E-state index in [1.807, 2.05) is 12.1 Å². The second-order valence-electron chi connectivity index (χ2n) is 6.96. The van der Waals surface area contributed by atoms with E-state index in [0.717, 1.165) is 11.3 Å². The second kappa shape index (κ2) is 7.88. The Balaban J connectivity index is 2.08. The zero-order valence-corrected chi connectivity index (χ0v) is 16.2. The number of methoxy groups -OCH3 is 1. The molecule has 0 bridgehead atoms. The molecule has 0 heterocycles. The Morgan fingerprint density at radius 2 is 1.73 bits per heavy atom. The normalized spacial score (nSPS) is 11.8. The number of sulfonamides is 1. The van der Waals surface area contributed by atoms with Crippen LogP contribution < -0.4 is 14.8 Å². The number of hydrogen-bond donors (Lipinski definition) is 2. The summed E-state index contributed by atoms with van der Waals surface area (Å²) in [7, 11) is -2.08. The number of nitrogens with one attached hydrogen (secondary N) is 2. The summed E-state index contributed by atoms with van der Waals surface area (Å²) < 4.78 is 32.5. The molecule has 2 aromatic carbocycles. The molecule has 0 spiro atoms. The molecule has 2 aromatic rings. The number of anilines is 1. The summed E-state index contributed by atoms with van der Waals surface area (Å²) in [5.41, 5.74) is 0.675. The fraction of sp³-hybridized carbons (Fsp3) is 0.316.